The van der Waals surface area contributed by atoms with E-state index in [1.54, 1.807) is 0 Å². The van der Waals surface area contributed by atoms with E-state index < -0.39 is 11.7 Å². The van der Waals surface area contributed by atoms with Crippen LogP contribution in [0.25, 0.3) is 22.4 Å². The molecule has 5 nitrogen and oxygen atoms in total. The fourth-order valence-corrected chi connectivity index (χ4v) is 4.29. The van der Waals surface area contributed by atoms with Crippen molar-refractivity contribution in [3.05, 3.63) is 53.6 Å². The van der Waals surface area contributed by atoms with Crippen LogP contribution >= 0.6 is 12.2 Å². The number of benzene rings is 2. The Morgan fingerprint density at radius 1 is 1.12 bits per heavy atom. The third-order valence-corrected chi connectivity index (χ3v) is 5.94. The van der Waals surface area contributed by atoms with Gasteiger partial charge in [0.25, 0.3) is 0 Å². The molecule has 0 saturated heterocycles. The van der Waals surface area contributed by atoms with Crippen molar-refractivity contribution < 1.29 is 13.2 Å². The van der Waals surface area contributed by atoms with Crippen molar-refractivity contribution in [1.82, 2.24) is 15.0 Å². The van der Waals surface area contributed by atoms with Crippen LogP contribution in [0.1, 0.15) is 56.2 Å². The summed E-state index contributed by atoms with van der Waals surface area (Å²) in [6, 6.07) is 11.4. The molecule has 0 spiro atoms. The van der Waals surface area contributed by atoms with Gasteiger partial charge in [0.15, 0.2) is 5.11 Å². The number of hydrazone groups is 1. The first kappa shape index (κ1) is 22.3. The number of hydrogen-bond acceptors (Lipinski definition) is 3. The van der Waals surface area contributed by atoms with E-state index in [0.29, 0.717) is 17.1 Å². The molecule has 1 fully saturated rings. The molecule has 0 atom stereocenters. The molecule has 0 aliphatic heterocycles. The summed E-state index contributed by atoms with van der Waals surface area (Å²) in [6.45, 7) is 1.83. The van der Waals surface area contributed by atoms with Gasteiger partial charge in [0, 0.05) is 11.6 Å². The van der Waals surface area contributed by atoms with E-state index in [1.165, 1.54) is 18.6 Å². The molecule has 9 heteroatoms. The maximum atomic E-state index is 13.0. The van der Waals surface area contributed by atoms with Crippen LogP contribution in [0.5, 0.6) is 0 Å². The van der Waals surface area contributed by atoms with Crippen molar-refractivity contribution in [1.29, 1.82) is 0 Å². The molecule has 3 aromatic rings. The predicted molar refractivity (Wildman–Crippen MR) is 124 cm³/mol. The van der Waals surface area contributed by atoms with Crippen LogP contribution < -0.4 is 11.2 Å². The van der Waals surface area contributed by atoms with Crippen LogP contribution in [0.2, 0.25) is 0 Å². The van der Waals surface area contributed by atoms with Gasteiger partial charge in [-0.05, 0) is 61.8 Å². The number of fused-ring (bicyclic) bond motifs is 1. The zero-order chi connectivity index (χ0) is 22.9. The minimum absolute atomic E-state index is 0.0802. The summed E-state index contributed by atoms with van der Waals surface area (Å²) in [5.41, 5.74) is 11.3. The highest BCUT2D eigenvalue weighted by Crippen LogP contribution is 2.37. The van der Waals surface area contributed by atoms with Crippen molar-refractivity contribution >= 4 is 34.1 Å². The molecule has 4 rings (SSSR count). The fourth-order valence-electron chi connectivity index (χ4n) is 4.25. The van der Waals surface area contributed by atoms with Crippen LogP contribution in [0.3, 0.4) is 0 Å². The lowest BCUT2D eigenvalue weighted by Gasteiger charge is -2.25. The van der Waals surface area contributed by atoms with Crippen LogP contribution in [0, 0.1) is 0 Å². The first-order chi connectivity index (χ1) is 15.2. The normalized spacial score (nSPS) is 15.8. The second-order valence-electron chi connectivity index (χ2n) is 8.05. The number of aromatic nitrogens is 2. The third-order valence-electron chi connectivity index (χ3n) is 5.85. The molecule has 1 heterocycles. The Morgan fingerprint density at radius 3 is 2.44 bits per heavy atom. The molecule has 1 aliphatic rings. The monoisotopic (exact) mass is 459 g/mol. The zero-order valence-corrected chi connectivity index (χ0v) is 18.4. The van der Waals surface area contributed by atoms with E-state index in [0.717, 1.165) is 54.4 Å². The number of nitrogens with zero attached hydrogens (tertiary/aromatic N) is 3. The van der Waals surface area contributed by atoms with Gasteiger partial charge in [0.2, 0.25) is 0 Å². The summed E-state index contributed by atoms with van der Waals surface area (Å²) in [6.07, 6.45) is 1.15. The second-order valence-corrected chi connectivity index (χ2v) is 8.49. The van der Waals surface area contributed by atoms with Crippen LogP contribution in [-0.2, 0) is 6.18 Å². The second kappa shape index (κ2) is 8.90. The lowest BCUT2D eigenvalue weighted by molar-refractivity contribution is -0.137. The fraction of sp³-hybridized carbons (Fsp3) is 0.348. The lowest BCUT2D eigenvalue weighted by atomic mass is 9.94. The van der Waals surface area contributed by atoms with Gasteiger partial charge in [-0.15, -0.1) is 0 Å². The summed E-state index contributed by atoms with van der Waals surface area (Å²) in [5, 5.41) is 4.25. The molecule has 1 saturated carbocycles. The average Bonchev–Trinajstić information content (AvgIpc) is 3.16. The summed E-state index contributed by atoms with van der Waals surface area (Å²) in [7, 11) is 0. The maximum absolute atomic E-state index is 13.0. The highest BCUT2D eigenvalue weighted by Gasteiger charge is 2.30. The molecule has 0 unspecified atom stereocenters. The summed E-state index contributed by atoms with van der Waals surface area (Å²) >= 11 is 4.79. The Labute approximate surface area is 189 Å². The van der Waals surface area contributed by atoms with E-state index in [-0.39, 0.29) is 11.2 Å². The van der Waals surface area contributed by atoms with Gasteiger partial charge in [-0.2, -0.15) is 18.3 Å². The number of halogens is 3. The number of rotatable bonds is 4. The standard InChI is InChI=1S/C23H24F3N5S/c1-14(29-30-22(27)32)16-9-12-20-19(13-16)28-21(31(20)18-5-3-2-4-6-18)15-7-10-17(11-8-15)23(24,25)26/h7-13,18H,2-6H2,1H3,(H3,27,30,32)/b29-14+. The number of nitrogens with two attached hydrogens (primary N) is 1. The summed E-state index contributed by atoms with van der Waals surface area (Å²) in [5.74, 6) is 0.689. The average molecular weight is 460 g/mol. The minimum Gasteiger partial charge on any atom is -0.375 e. The Kier molecular flexibility index (Phi) is 6.19. The maximum Gasteiger partial charge on any atom is 0.416 e. The Balaban J connectivity index is 1.81. The number of nitrogens with one attached hydrogen (secondary N) is 1. The number of thiocarbonyl (C=S) groups is 1. The molecule has 32 heavy (non-hydrogen) atoms. The van der Waals surface area contributed by atoms with Crippen LogP contribution in [-0.4, -0.2) is 20.4 Å². The molecule has 0 radical (unpaired) electrons. The molecule has 168 valence electrons. The highest BCUT2D eigenvalue weighted by atomic mass is 32.1. The molecular formula is C23H24F3N5S. The predicted octanol–water partition coefficient (Wildman–Crippen LogP) is 5.78. The number of imidazole rings is 1. The van der Waals surface area contributed by atoms with Crippen LogP contribution in [0.4, 0.5) is 13.2 Å². The van der Waals surface area contributed by atoms with Gasteiger partial charge < -0.3 is 10.3 Å². The van der Waals surface area contributed by atoms with Gasteiger partial charge >= 0.3 is 6.18 Å². The van der Waals surface area contributed by atoms with Gasteiger partial charge in [-0.25, -0.2) is 4.98 Å². The van der Waals surface area contributed by atoms with Gasteiger partial charge in [0.1, 0.15) is 5.82 Å². The number of hydrogen-bond donors (Lipinski definition) is 2. The largest absolute Gasteiger partial charge is 0.416 e. The third kappa shape index (κ3) is 4.62. The van der Waals surface area contributed by atoms with Crippen molar-refractivity contribution in [2.24, 2.45) is 10.8 Å². The van der Waals surface area contributed by atoms with Gasteiger partial charge in [0.05, 0.1) is 22.3 Å². The van der Waals surface area contributed by atoms with E-state index in [9.17, 15) is 13.2 Å². The Bertz CT molecular complexity index is 1160. The van der Waals surface area contributed by atoms with Crippen molar-refractivity contribution in [2.75, 3.05) is 0 Å². The zero-order valence-electron chi connectivity index (χ0n) is 17.6. The molecule has 0 bridgehead atoms. The van der Waals surface area contributed by atoms with E-state index >= 15 is 0 Å². The summed E-state index contributed by atoms with van der Waals surface area (Å²) < 4.78 is 41.3. The first-order valence-corrected chi connectivity index (χ1v) is 10.9. The molecule has 2 aromatic carbocycles. The molecule has 3 N–H and O–H groups in total. The molecule has 0 amide bonds. The molecular weight excluding hydrogens is 435 g/mol. The lowest BCUT2D eigenvalue weighted by Crippen LogP contribution is -2.25. The van der Waals surface area contributed by atoms with Crippen molar-refractivity contribution in [3.8, 4) is 11.4 Å². The molecule has 1 aromatic heterocycles. The molecule has 1 aliphatic carbocycles. The summed E-state index contributed by atoms with van der Waals surface area (Å²) in [4.78, 5) is 4.84. The minimum atomic E-state index is -4.37. The highest BCUT2D eigenvalue weighted by molar-refractivity contribution is 7.80. The van der Waals surface area contributed by atoms with E-state index in [2.05, 4.69) is 15.1 Å². The van der Waals surface area contributed by atoms with Crippen molar-refractivity contribution in [2.45, 2.75) is 51.2 Å². The van der Waals surface area contributed by atoms with E-state index in [4.69, 9.17) is 22.9 Å². The smallest absolute Gasteiger partial charge is 0.375 e. The van der Waals surface area contributed by atoms with E-state index in [1.807, 2.05) is 25.1 Å². The first-order valence-electron chi connectivity index (χ1n) is 10.5. The van der Waals surface area contributed by atoms with Crippen LogP contribution in [0.15, 0.2) is 47.6 Å². The van der Waals surface area contributed by atoms with Crippen molar-refractivity contribution in [3.63, 3.8) is 0 Å². The quantitative estimate of drug-likeness (QED) is 0.295. The topological polar surface area (TPSA) is 68.2 Å². The van der Waals surface area contributed by atoms with Gasteiger partial charge in [-0.3, -0.25) is 5.43 Å². The van der Waals surface area contributed by atoms with Gasteiger partial charge in [-0.1, -0.05) is 37.5 Å². The number of alkyl halides is 3. The Hall–Kier alpha value is -2.94. The Morgan fingerprint density at radius 2 is 1.81 bits per heavy atom. The SMILES string of the molecule is C/C(=N\NC(N)=S)c1ccc2c(c1)nc(-c1ccc(C(F)(F)F)cc1)n2C1CCCCC1.